The predicted molar refractivity (Wildman–Crippen MR) is 72.7 cm³/mol. The summed E-state index contributed by atoms with van der Waals surface area (Å²) in [5.41, 5.74) is 1.12. The first-order chi connectivity index (χ1) is 8.01. The van der Waals surface area contributed by atoms with Gasteiger partial charge in [0, 0.05) is 12.6 Å². The van der Waals surface area contributed by atoms with Gasteiger partial charge in [-0.3, -0.25) is 4.79 Å². The summed E-state index contributed by atoms with van der Waals surface area (Å²) >= 11 is 0. The van der Waals surface area contributed by atoms with Gasteiger partial charge in [-0.2, -0.15) is 0 Å². The first-order valence-electron chi connectivity index (χ1n) is 6.60. The Balaban J connectivity index is 2.76. The van der Waals surface area contributed by atoms with Gasteiger partial charge in [0.25, 0.3) is 0 Å². The third kappa shape index (κ3) is 3.21. The van der Waals surface area contributed by atoms with Crippen LogP contribution in [-0.4, -0.2) is 23.4 Å². The van der Waals surface area contributed by atoms with E-state index in [0.717, 1.165) is 18.5 Å². The maximum absolute atomic E-state index is 12.4. The molecule has 2 nitrogen and oxygen atoms in total. The average molecular weight is 235 g/mol. The summed E-state index contributed by atoms with van der Waals surface area (Å²) in [5.74, 6) is 0.883. The van der Waals surface area contributed by atoms with Crippen molar-refractivity contribution >= 4 is 5.91 Å². The smallest absolute Gasteiger partial charge is 0.230 e. The van der Waals surface area contributed by atoms with Crippen LogP contribution in [-0.2, 0) is 4.79 Å². The Morgan fingerprint density at radius 2 is 2.00 bits per heavy atom. The standard InChI is InChI=1S/C15H25NO/c1-6-8-14(7-2)13(5)15(17)16-10-11(3)9-12(16)4/h6-8,11-13H,9-10H2,1-5H3/b8-6-,14-7+/t11?,12-,13?/m1/s1. The molecule has 1 heterocycles. The van der Waals surface area contributed by atoms with E-state index in [0.29, 0.717) is 12.0 Å². The maximum atomic E-state index is 12.4. The fourth-order valence-corrected chi connectivity index (χ4v) is 2.68. The first kappa shape index (κ1) is 14.0. The summed E-state index contributed by atoms with van der Waals surface area (Å²) < 4.78 is 0. The number of rotatable bonds is 3. The van der Waals surface area contributed by atoms with Gasteiger partial charge in [-0.15, -0.1) is 0 Å². The molecule has 0 saturated carbocycles. The van der Waals surface area contributed by atoms with E-state index >= 15 is 0 Å². The van der Waals surface area contributed by atoms with Gasteiger partial charge >= 0.3 is 0 Å². The molecular formula is C15H25NO. The zero-order valence-electron chi connectivity index (χ0n) is 11.7. The van der Waals surface area contributed by atoms with Crippen molar-refractivity contribution in [1.82, 2.24) is 4.90 Å². The van der Waals surface area contributed by atoms with Gasteiger partial charge in [0.15, 0.2) is 0 Å². The SMILES string of the molecule is C/C=C\C(=C/C)C(C)C(=O)N1CC(C)C[C@H]1C. The van der Waals surface area contributed by atoms with Gasteiger partial charge in [0.2, 0.25) is 5.91 Å². The third-order valence-corrected chi connectivity index (χ3v) is 3.63. The summed E-state index contributed by atoms with van der Waals surface area (Å²) in [6.45, 7) is 11.3. The Kier molecular flexibility index (Phi) is 4.98. The Labute approximate surface area is 105 Å². The second-order valence-electron chi connectivity index (χ2n) is 5.19. The molecule has 1 rings (SSSR count). The summed E-state index contributed by atoms with van der Waals surface area (Å²) in [7, 11) is 0. The number of carbonyl (C=O) groups excluding carboxylic acids is 1. The van der Waals surface area contributed by atoms with Crippen LogP contribution >= 0.6 is 0 Å². The van der Waals surface area contributed by atoms with Gasteiger partial charge in [0.05, 0.1) is 5.92 Å². The minimum absolute atomic E-state index is 0.0241. The second-order valence-corrected chi connectivity index (χ2v) is 5.19. The highest BCUT2D eigenvalue weighted by Gasteiger charge is 2.32. The number of allylic oxidation sites excluding steroid dienone is 3. The van der Waals surface area contributed by atoms with Crippen molar-refractivity contribution in [3.05, 3.63) is 23.8 Å². The molecule has 2 heteroatoms. The molecule has 0 aliphatic carbocycles. The van der Waals surface area contributed by atoms with Crippen molar-refractivity contribution in [2.24, 2.45) is 11.8 Å². The van der Waals surface area contributed by atoms with Crippen LogP contribution in [0.1, 0.15) is 41.0 Å². The van der Waals surface area contributed by atoms with E-state index in [1.165, 1.54) is 0 Å². The Morgan fingerprint density at radius 3 is 2.41 bits per heavy atom. The topological polar surface area (TPSA) is 20.3 Å². The van der Waals surface area contributed by atoms with Crippen molar-refractivity contribution in [3.8, 4) is 0 Å². The molecule has 96 valence electrons. The fraction of sp³-hybridized carbons (Fsp3) is 0.667. The van der Waals surface area contributed by atoms with E-state index in [-0.39, 0.29) is 11.8 Å². The van der Waals surface area contributed by atoms with Gasteiger partial charge < -0.3 is 4.90 Å². The summed E-state index contributed by atoms with van der Waals surface area (Å²) in [4.78, 5) is 14.5. The van der Waals surface area contributed by atoms with Crippen molar-refractivity contribution in [1.29, 1.82) is 0 Å². The highest BCUT2D eigenvalue weighted by molar-refractivity contribution is 5.82. The molecule has 1 aliphatic rings. The summed E-state index contributed by atoms with van der Waals surface area (Å²) in [6.07, 6.45) is 7.20. The van der Waals surface area contributed by atoms with Crippen LogP contribution in [0.2, 0.25) is 0 Å². The Hall–Kier alpha value is -1.05. The van der Waals surface area contributed by atoms with Crippen LogP contribution in [0.25, 0.3) is 0 Å². The van der Waals surface area contributed by atoms with Crippen LogP contribution < -0.4 is 0 Å². The molecule has 1 amide bonds. The number of carbonyl (C=O) groups is 1. The largest absolute Gasteiger partial charge is 0.339 e. The Bertz CT molecular complexity index is 330. The van der Waals surface area contributed by atoms with Gasteiger partial charge in [-0.25, -0.2) is 0 Å². The van der Waals surface area contributed by atoms with Gasteiger partial charge in [0.1, 0.15) is 0 Å². The normalized spacial score (nSPS) is 27.8. The van der Waals surface area contributed by atoms with Gasteiger partial charge in [-0.1, -0.05) is 25.2 Å². The molecule has 0 bridgehead atoms. The van der Waals surface area contributed by atoms with Crippen LogP contribution in [0.5, 0.6) is 0 Å². The molecule has 0 aromatic rings. The zero-order valence-corrected chi connectivity index (χ0v) is 11.7. The zero-order chi connectivity index (χ0) is 13.0. The third-order valence-electron chi connectivity index (χ3n) is 3.63. The van der Waals surface area contributed by atoms with Crippen molar-refractivity contribution < 1.29 is 4.79 Å². The molecule has 1 saturated heterocycles. The summed E-state index contributed by atoms with van der Waals surface area (Å²) in [5, 5.41) is 0. The second kappa shape index (κ2) is 6.04. The van der Waals surface area contributed by atoms with E-state index in [4.69, 9.17) is 0 Å². The molecule has 0 spiro atoms. The van der Waals surface area contributed by atoms with Crippen molar-refractivity contribution in [2.75, 3.05) is 6.54 Å². The molecule has 3 atom stereocenters. The number of amides is 1. The van der Waals surface area contributed by atoms with E-state index in [1.807, 2.05) is 43.9 Å². The van der Waals surface area contributed by atoms with E-state index in [2.05, 4.69) is 13.8 Å². The number of likely N-dealkylation sites (tertiary alicyclic amines) is 1. The van der Waals surface area contributed by atoms with Crippen LogP contribution in [0.4, 0.5) is 0 Å². The van der Waals surface area contributed by atoms with E-state index < -0.39 is 0 Å². The predicted octanol–water partition coefficient (Wildman–Crippen LogP) is 3.40. The van der Waals surface area contributed by atoms with Crippen LogP contribution in [0.3, 0.4) is 0 Å². The maximum Gasteiger partial charge on any atom is 0.230 e. The van der Waals surface area contributed by atoms with Crippen LogP contribution in [0.15, 0.2) is 23.8 Å². The van der Waals surface area contributed by atoms with Crippen molar-refractivity contribution in [3.63, 3.8) is 0 Å². The lowest BCUT2D eigenvalue weighted by Gasteiger charge is -2.25. The molecule has 0 radical (unpaired) electrons. The fourth-order valence-electron chi connectivity index (χ4n) is 2.68. The van der Waals surface area contributed by atoms with Gasteiger partial charge in [-0.05, 0) is 45.6 Å². The monoisotopic (exact) mass is 235 g/mol. The lowest BCUT2D eigenvalue weighted by atomic mass is 9.98. The summed E-state index contributed by atoms with van der Waals surface area (Å²) in [6, 6.07) is 0.392. The minimum atomic E-state index is -0.0241. The van der Waals surface area contributed by atoms with Crippen LogP contribution in [0, 0.1) is 11.8 Å². The molecule has 0 N–H and O–H groups in total. The quantitative estimate of drug-likeness (QED) is 0.687. The molecule has 2 unspecified atom stereocenters. The Morgan fingerprint density at radius 1 is 1.35 bits per heavy atom. The molecule has 1 fully saturated rings. The average Bonchev–Trinajstić information content (AvgIpc) is 2.63. The first-order valence-corrected chi connectivity index (χ1v) is 6.60. The molecule has 0 aromatic heterocycles. The van der Waals surface area contributed by atoms with E-state index in [9.17, 15) is 4.79 Å². The number of hydrogen-bond donors (Lipinski definition) is 0. The van der Waals surface area contributed by atoms with E-state index in [1.54, 1.807) is 0 Å². The molecular weight excluding hydrogens is 210 g/mol. The highest BCUT2D eigenvalue weighted by atomic mass is 16.2. The molecule has 1 aliphatic heterocycles. The minimum Gasteiger partial charge on any atom is -0.339 e. The molecule has 17 heavy (non-hydrogen) atoms. The molecule has 0 aromatic carbocycles. The number of nitrogens with zero attached hydrogens (tertiary/aromatic N) is 1. The highest BCUT2D eigenvalue weighted by Crippen LogP contribution is 2.26. The number of hydrogen-bond acceptors (Lipinski definition) is 1. The lowest BCUT2D eigenvalue weighted by Crippen LogP contribution is -2.38. The van der Waals surface area contributed by atoms with Crippen molar-refractivity contribution in [2.45, 2.75) is 47.1 Å². The lowest BCUT2D eigenvalue weighted by molar-refractivity contribution is -0.134.